The molecule has 0 saturated carbocycles. The molecule has 2 amide bonds. The molecule has 8 heteroatoms. The minimum atomic E-state index is -0.0407. The molecule has 2 fully saturated rings. The molecule has 2 aliphatic rings. The monoisotopic (exact) mass is 423 g/mol. The first-order valence-electron chi connectivity index (χ1n) is 11.0. The fourth-order valence-corrected chi connectivity index (χ4v) is 3.95. The summed E-state index contributed by atoms with van der Waals surface area (Å²) >= 11 is 0. The zero-order chi connectivity index (χ0) is 21.5. The molecule has 31 heavy (non-hydrogen) atoms. The van der Waals surface area contributed by atoms with Gasteiger partial charge in [-0.2, -0.15) is 0 Å². The molecule has 0 atom stereocenters. The van der Waals surface area contributed by atoms with Gasteiger partial charge in [0.05, 0.1) is 30.9 Å². The van der Waals surface area contributed by atoms with E-state index in [1.807, 2.05) is 35.2 Å². The lowest BCUT2D eigenvalue weighted by Gasteiger charge is -2.27. The largest absolute Gasteiger partial charge is 0.378 e. The number of anilines is 1. The Morgan fingerprint density at radius 3 is 2.52 bits per heavy atom. The standard InChI is InChI=1S/C23H29N5O3/c29-21(16-18-6-2-1-3-7-18)24-9-8-20-19(22(30)27-10-4-5-11-27)17-25-23(26-20)28-12-14-31-15-13-28/h1-3,6-7,17H,4-5,8-16H2,(H,24,29). The summed E-state index contributed by atoms with van der Waals surface area (Å²) in [5.41, 5.74) is 2.20. The van der Waals surface area contributed by atoms with Gasteiger partial charge in [-0.3, -0.25) is 9.59 Å². The number of amides is 2. The molecule has 4 rings (SSSR count). The third-order valence-electron chi connectivity index (χ3n) is 5.66. The quantitative estimate of drug-likeness (QED) is 0.725. The van der Waals surface area contributed by atoms with E-state index in [-0.39, 0.29) is 11.8 Å². The first kappa shape index (κ1) is 21.2. The van der Waals surface area contributed by atoms with Gasteiger partial charge in [0.2, 0.25) is 11.9 Å². The molecule has 2 aliphatic heterocycles. The van der Waals surface area contributed by atoms with Crippen molar-refractivity contribution in [3.63, 3.8) is 0 Å². The second-order valence-electron chi connectivity index (χ2n) is 7.89. The van der Waals surface area contributed by atoms with Crippen molar-refractivity contribution in [3.8, 4) is 0 Å². The number of hydrogen-bond acceptors (Lipinski definition) is 6. The molecular formula is C23H29N5O3. The lowest BCUT2D eigenvalue weighted by molar-refractivity contribution is -0.120. The second-order valence-corrected chi connectivity index (χ2v) is 7.89. The van der Waals surface area contributed by atoms with Crippen molar-refractivity contribution in [3.05, 3.63) is 53.3 Å². The Hall–Kier alpha value is -3.00. The first-order chi connectivity index (χ1) is 15.2. The van der Waals surface area contributed by atoms with Gasteiger partial charge in [0.15, 0.2) is 0 Å². The molecule has 2 saturated heterocycles. The summed E-state index contributed by atoms with van der Waals surface area (Å²) in [5, 5.41) is 2.96. The summed E-state index contributed by atoms with van der Waals surface area (Å²) in [6.07, 6.45) is 4.53. The van der Waals surface area contributed by atoms with Crippen LogP contribution in [-0.4, -0.2) is 72.6 Å². The van der Waals surface area contributed by atoms with Gasteiger partial charge in [0, 0.05) is 45.3 Å². The van der Waals surface area contributed by atoms with E-state index in [0.29, 0.717) is 49.8 Å². The van der Waals surface area contributed by atoms with Gasteiger partial charge >= 0.3 is 0 Å². The number of ether oxygens (including phenoxy) is 1. The van der Waals surface area contributed by atoms with Crippen LogP contribution in [0.5, 0.6) is 0 Å². The maximum Gasteiger partial charge on any atom is 0.257 e. The number of benzene rings is 1. The molecule has 0 unspecified atom stereocenters. The molecule has 0 aliphatic carbocycles. The zero-order valence-electron chi connectivity index (χ0n) is 17.8. The van der Waals surface area contributed by atoms with E-state index < -0.39 is 0 Å². The van der Waals surface area contributed by atoms with Crippen molar-refractivity contribution in [2.45, 2.75) is 25.7 Å². The fraction of sp³-hybridized carbons (Fsp3) is 0.478. The number of nitrogens with zero attached hydrogens (tertiary/aromatic N) is 4. The van der Waals surface area contributed by atoms with E-state index in [9.17, 15) is 9.59 Å². The molecule has 1 aromatic carbocycles. The Kier molecular flexibility index (Phi) is 7.09. The van der Waals surface area contributed by atoms with Gasteiger partial charge in [-0.05, 0) is 18.4 Å². The lowest BCUT2D eigenvalue weighted by Crippen LogP contribution is -2.38. The van der Waals surface area contributed by atoms with Gasteiger partial charge in [0.1, 0.15) is 0 Å². The van der Waals surface area contributed by atoms with E-state index in [0.717, 1.165) is 44.6 Å². The van der Waals surface area contributed by atoms with Crippen LogP contribution < -0.4 is 10.2 Å². The molecule has 2 aromatic rings. The van der Waals surface area contributed by atoms with Crippen molar-refractivity contribution in [2.24, 2.45) is 0 Å². The number of likely N-dealkylation sites (tertiary alicyclic amines) is 1. The van der Waals surface area contributed by atoms with Gasteiger partial charge in [0.25, 0.3) is 5.91 Å². The predicted octanol–water partition coefficient (Wildman–Crippen LogP) is 1.45. The van der Waals surface area contributed by atoms with Crippen LogP contribution in [0.2, 0.25) is 0 Å². The summed E-state index contributed by atoms with van der Waals surface area (Å²) in [5.74, 6) is 0.560. The topological polar surface area (TPSA) is 87.7 Å². The molecular weight excluding hydrogens is 394 g/mol. The highest BCUT2D eigenvalue weighted by atomic mass is 16.5. The third kappa shape index (κ3) is 5.58. The van der Waals surface area contributed by atoms with E-state index in [4.69, 9.17) is 9.72 Å². The summed E-state index contributed by atoms with van der Waals surface area (Å²) in [6, 6.07) is 9.65. The highest BCUT2D eigenvalue weighted by molar-refractivity contribution is 5.95. The lowest BCUT2D eigenvalue weighted by atomic mass is 10.1. The summed E-state index contributed by atoms with van der Waals surface area (Å²) in [7, 11) is 0. The maximum absolute atomic E-state index is 13.0. The average Bonchev–Trinajstić information content (AvgIpc) is 3.35. The fourth-order valence-electron chi connectivity index (χ4n) is 3.95. The smallest absolute Gasteiger partial charge is 0.257 e. The molecule has 1 N–H and O–H groups in total. The minimum absolute atomic E-state index is 0.0170. The molecule has 0 bridgehead atoms. The van der Waals surface area contributed by atoms with Crippen LogP contribution in [0.1, 0.15) is 34.5 Å². The Bertz CT molecular complexity index is 893. The molecule has 0 spiro atoms. The Labute approximate surface area is 182 Å². The van der Waals surface area contributed by atoms with E-state index in [2.05, 4.69) is 15.2 Å². The molecule has 164 valence electrons. The average molecular weight is 424 g/mol. The van der Waals surface area contributed by atoms with Crippen LogP contribution in [0.4, 0.5) is 5.95 Å². The summed E-state index contributed by atoms with van der Waals surface area (Å²) < 4.78 is 5.42. The van der Waals surface area contributed by atoms with Gasteiger partial charge in [-0.1, -0.05) is 30.3 Å². The third-order valence-corrected chi connectivity index (χ3v) is 5.66. The SMILES string of the molecule is O=C(Cc1ccccc1)NCCc1nc(N2CCOCC2)ncc1C(=O)N1CCCC1. The van der Waals surface area contributed by atoms with Gasteiger partial charge in [-0.15, -0.1) is 0 Å². The minimum Gasteiger partial charge on any atom is -0.378 e. The van der Waals surface area contributed by atoms with Crippen molar-refractivity contribution < 1.29 is 14.3 Å². The Morgan fingerprint density at radius 2 is 1.77 bits per heavy atom. The van der Waals surface area contributed by atoms with Crippen LogP contribution >= 0.6 is 0 Å². The number of carbonyl (C=O) groups excluding carboxylic acids is 2. The van der Waals surface area contributed by atoms with E-state index in [1.54, 1.807) is 6.20 Å². The van der Waals surface area contributed by atoms with Crippen molar-refractivity contribution >= 4 is 17.8 Å². The maximum atomic E-state index is 13.0. The normalized spacial score (nSPS) is 16.4. The number of carbonyl (C=O) groups is 2. The molecule has 1 aromatic heterocycles. The Balaban J connectivity index is 1.44. The number of hydrogen-bond donors (Lipinski definition) is 1. The first-order valence-corrected chi connectivity index (χ1v) is 11.0. The van der Waals surface area contributed by atoms with Crippen LogP contribution in [0.3, 0.4) is 0 Å². The van der Waals surface area contributed by atoms with Crippen LogP contribution in [0, 0.1) is 0 Å². The number of morpholine rings is 1. The molecule has 0 radical (unpaired) electrons. The summed E-state index contributed by atoms with van der Waals surface area (Å²) in [4.78, 5) is 38.5. The highest BCUT2D eigenvalue weighted by Crippen LogP contribution is 2.18. The van der Waals surface area contributed by atoms with E-state index in [1.165, 1.54) is 0 Å². The zero-order valence-corrected chi connectivity index (χ0v) is 17.8. The van der Waals surface area contributed by atoms with Crippen molar-refractivity contribution in [1.29, 1.82) is 0 Å². The number of aromatic nitrogens is 2. The van der Waals surface area contributed by atoms with Gasteiger partial charge in [-0.25, -0.2) is 9.97 Å². The van der Waals surface area contributed by atoms with Gasteiger partial charge < -0.3 is 19.9 Å². The van der Waals surface area contributed by atoms with Crippen LogP contribution in [-0.2, 0) is 22.4 Å². The van der Waals surface area contributed by atoms with Crippen LogP contribution in [0.25, 0.3) is 0 Å². The Morgan fingerprint density at radius 1 is 1.03 bits per heavy atom. The van der Waals surface area contributed by atoms with Crippen molar-refractivity contribution in [2.75, 3.05) is 50.8 Å². The second kappa shape index (κ2) is 10.3. The number of rotatable bonds is 7. The molecule has 8 nitrogen and oxygen atoms in total. The predicted molar refractivity (Wildman–Crippen MR) is 117 cm³/mol. The molecule has 3 heterocycles. The van der Waals surface area contributed by atoms with Crippen LogP contribution in [0.15, 0.2) is 36.5 Å². The highest BCUT2D eigenvalue weighted by Gasteiger charge is 2.24. The van der Waals surface area contributed by atoms with Crippen molar-refractivity contribution in [1.82, 2.24) is 20.2 Å². The summed E-state index contributed by atoms with van der Waals surface area (Å²) in [6.45, 7) is 4.71. The van der Waals surface area contributed by atoms with E-state index >= 15 is 0 Å². The number of nitrogens with one attached hydrogen (secondary N) is 1.